The topological polar surface area (TPSA) is 84.0 Å². The molecule has 3 aromatic rings. The van der Waals surface area contributed by atoms with Crippen molar-refractivity contribution < 1.29 is 9.59 Å². The third-order valence-corrected chi connectivity index (χ3v) is 5.66. The fourth-order valence-electron chi connectivity index (χ4n) is 1.96. The van der Waals surface area contributed by atoms with E-state index in [-0.39, 0.29) is 24.8 Å². The zero-order valence-electron chi connectivity index (χ0n) is 13.0. The Kier molecular flexibility index (Phi) is 6.15. The third kappa shape index (κ3) is 5.12. The van der Waals surface area contributed by atoms with Crippen LogP contribution in [0.5, 0.6) is 0 Å². The van der Waals surface area contributed by atoms with E-state index >= 15 is 0 Å². The molecule has 2 N–H and O–H groups in total. The predicted molar refractivity (Wildman–Crippen MR) is 100 cm³/mol. The number of para-hydroxylation sites is 1. The molecule has 3 rings (SSSR count). The number of benzene rings is 1. The Morgan fingerprint density at radius 3 is 2.84 bits per heavy atom. The highest BCUT2D eigenvalue weighted by Gasteiger charge is 2.10. The van der Waals surface area contributed by atoms with Crippen molar-refractivity contribution in [2.24, 2.45) is 0 Å². The van der Waals surface area contributed by atoms with Gasteiger partial charge in [-0.05, 0) is 23.6 Å². The van der Waals surface area contributed by atoms with Crippen molar-refractivity contribution in [1.29, 1.82) is 0 Å². The Balaban J connectivity index is 1.52. The van der Waals surface area contributed by atoms with Crippen LogP contribution in [-0.4, -0.2) is 28.6 Å². The number of hydrogen-bond donors (Lipinski definition) is 2. The molecule has 0 saturated heterocycles. The molecule has 128 valence electrons. The zero-order chi connectivity index (χ0) is 17.5. The first-order valence-corrected chi connectivity index (χ1v) is 9.99. The summed E-state index contributed by atoms with van der Waals surface area (Å²) in [6, 6.07) is 9.27. The molecule has 0 radical (unpaired) electrons. The minimum atomic E-state index is -0.165. The van der Waals surface area contributed by atoms with Crippen LogP contribution in [0.4, 0.5) is 5.69 Å². The SMILES string of the molecule is O=C(CCNC(=O)c1ccsc1)Nc1ccccc1Sc1nncs1. The molecule has 0 fully saturated rings. The lowest BCUT2D eigenvalue weighted by molar-refractivity contribution is -0.116. The number of thiophene rings is 1. The van der Waals surface area contributed by atoms with E-state index in [1.54, 1.807) is 17.0 Å². The van der Waals surface area contributed by atoms with Crippen molar-refractivity contribution >= 4 is 51.9 Å². The van der Waals surface area contributed by atoms with E-state index in [1.807, 2.05) is 29.6 Å². The van der Waals surface area contributed by atoms with Gasteiger partial charge >= 0.3 is 0 Å². The molecule has 0 aliphatic heterocycles. The summed E-state index contributed by atoms with van der Waals surface area (Å²) in [4.78, 5) is 24.9. The van der Waals surface area contributed by atoms with Crippen molar-refractivity contribution in [3.05, 3.63) is 52.2 Å². The molecule has 2 amide bonds. The molecule has 1 aromatic carbocycles. The molecule has 25 heavy (non-hydrogen) atoms. The normalized spacial score (nSPS) is 10.4. The average molecular weight is 391 g/mol. The lowest BCUT2D eigenvalue weighted by Gasteiger charge is -2.10. The van der Waals surface area contributed by atoms with Crippen LogP contribution in [0.15, 0.2) is 55.8 Å². The van der Waals surface area contributed by atoms with Gasteiger partial charge in [0.05, 0.1) is 5.69 Å². The summed E-state index contributed by atoms with van der Waals surface area (Å²) in [5, 5.41) is 17.0. The standard InChI is InChI=1S/C16H14N4O2S3/c21-14(5-7-17-15(22)11-6-8-23-9-11)19-12-3-1-2-4-13(12)25-16-20-18-10-24-16/h1-4,6,8-10H,5,7H2,(H,17,22)(H,19,21). The highest BCUT2D eigenvalue weighted by Crippen LogP contribution is 2.33. The first kappa shape index (κ1) is 17.6. The second-order valence-corrected chi connectivity index (χ2v) is 7.77. The summed E-state index contributed by atoms with van der Waals surface area (Å²) >= 11 is 4.36. The maximum Gasteiger partial charge on any atom is 0.252 e. The van der Waals surface area contributed by atoms with Crippen LogP contribution in [0.2, 0.25) is 0 Å². The van der Waals surface area contributed by atoms with Gasteiger partial charge < -0.3 is 10.6 Å². The summed E-state index contributed by atoms with van der Waals surface area (Å²) in [5.41, 5.74) is 3.00. The van der Waals surface area contributed by atoms with Crippen LogP contribution in [0.3, 0.4) is 0 Å². The highest BCUT2D eigenvalue weighted by atomic mass is 32.2. The van der Waals surface area contributed by atoms with Crippen molar-refractivity contribution in [2.45, 2.75) is 15.7 Å². The van der Waals surface area contributed by atoms with Gasteiger partial charge in [0.25, 0.3) is 5.91 Å². The van der Waals surface area contributed by atoms with Gasteiger partial charge in [-0.2, -0.15) is 11.3 Å². The van der Waals surface area contributed by atoms with Gasteiger partial charge in [0.15, 0.2) is 4.34 Å². The van der Waals surface area contributed by atoms with Gasteiger partial charge in [-0.25, -0.2) is 0 Å². The number of amides is 2. The van der Waals surface area contributed by atoms with E-state index in [2.05, 4.69) is 20.8 Å². The van der Waals surface area contributed by atoms with Crippen molar-refractivity contribution in [2.75, 3.05) is 11.9 Å². The second kappa shape index (κ2) is 8.75. The van der Waals surface area contributed by atoms with Crippen LogP contribution in [0, 0.1) is 0 Å². The maximum atomic E-state index is 12.1. The fraction of sp³-hybridized carbons (Fsp3) is 0.125. The first-order chi connectivity index (χ1) is 12.2. The van der Waals surface area contributed by atoms with Crippen LogP contribution in [0.1, 0.15) is 16.8 Å². The minimum absolute atomic E-state index is 0.157. The number of rotatable bonds is 7. The van der Waals surface area contributed by atoms with Crippen molar-refractivity contribution in [1.82, 2.24) is 15.5 Å². The number of hydrogen-bond acceptors (Lipinski definition) is 7. The van der Waals surface area contributed by atoms with Gasteiger partial charge in [0.2, 0.25) is 5.91 Å². The van der Waals surface area contributed by atoms with E-state index in [1.165, 1.54) is 34.4 Å². The predicted octanol–water partition coefficient (Wildman–Crippen LogP) is 3.51. The number of carbonyl (C=O) groups is 2. The summed E-state index contributed by atoms with van der Waals surface area (Å²) in [7, 11) is 0. The van der Waals surface area contributed by atoms with Crippen LogP contribution in [-0.2, 0) is 4.79 Å². The number of anilines is 1. The number of nitrogens with one attached hydrogen (secondary N) is 2. The maximum absolute atomic E-state index is 12.1. The molecule has 6 nitrogen and oxygen atoms in total. The van der Waals surface area contributed by atoms with E-state index in [4.69, 9.17) is 0 Å². The molecule has 0 spiro atoms. The fourth-order valence-corrected chi connectivity index (χ4v) is 4.12. The van der Waals surface area contributed by atoms with Gasteiger partial charge in [-0.3, -0.25) is 9.59 Å². The molecule has 0 bridgehead atoms. The number of nitrogens with zero attached hydrogens (tertiary/aromatic N) is 2. The molecule has 2 heterocycles. The summed E-state index contributed by atoms with van der Waals surface area (Å²) in [5.74, 6) is -0.322. The van der Waals surface area contributed by atoms with Crippen molar-refractivity contribution in [3.8, 4) is 0 Å². The second-order valence-electron chi connectivity index (χ2n) is 4.87. The number of aromatic nitrogens is 2. The van der Waals surface area contributed by atoms with E-state index in [0.717, 1.165) is 14.9 Å². The molecule has 9 heteroatoms. The molecule has 0 aliphatic carbocycles. The molecule has 0 saturated carbocycles. The molecule has 2 aromatic heterocycles. The quantitative estimate of drug-likeness (QED) is 0.645. The highest BCUT2D eigenvalue weighted by molar-refractivity contribution is 8.01. The van der Waals surface area contributed by atoms with Gasteiger partial charge in [-0.1, -0.05) is 35.2 Å². The Morgan fingerprint density at radius 2 is 2.08 bits per heavy atom. The molecule has 0 atom stereocenters. The Bertz CT molecular complexity index is 835. The molecular weight excluding hydrogens is 376 g/mol. The summed E-state index contributed by atoms with van der Waals surface area (Å²) in [6.07, 6.45) is 0.202. The lowest BCUT2D eigenvalue weighted by atomic mass is 10.3. The number of carbonyl (C=O) groups excluding carboxylic acids is 2. The summed E-state index contributed by atoms with van der Waals surface area (Å²) in [6.45, 7) is 0.284. The Labute approximate surface area is 156 Å². The molecular formula is C16H14N4O2S3. The van der Waals surface area contributed by atoms with Crippen LogP contribution in [0.25, 0.3) is 0 Å². The third-order valence-electron chi connectivity index (χ3n) is 3.12. The zero-order valence-corrected chi connectivity index (χ0v) is 15.4. The van der Waals surface area contributed by atoms with Crippen LogP contribution >= 0.6 is 34.4 Å². The van der Waals surface area contributed by atoms with Gasteiger partial charge in [0.1, 0.15) is 5.51 Å². The van der Waals surface area contributed by atoms with E-state index in [0.29, 0.717) is 5.56 Å². The van der Waals surface area contributed by atoms with Crippen molar-refractivity contribution in [3.63, 3.8) is 0 Å². The van der Waals surface area contributed by atoms with Crippen LogP contribution < -0.4 is 10.6 Å². The Morgan fingerprint density at radius 1 is 1.20 bits per heavy atom. The van der Waals surface area contributed by atoms with Gasteiger partial charge in [0, 0.05) is 28.8 Å². The minimum Gasteiger partial charge on any atom is -0.351 e. The smallest absolute Gasteiger partial charge is 0.252 e. The Hall–Kier alpha value is -2.23. The molecule has 0 aliphatic rings. The monoisotopic (exact) mass is 390 g/mol. The molecule has 0 unspecified atom stereocenters. The lowest BCUT2D eigenvalue weighted by Crippen LogP contribution is -2.27. The van der Waals surface area contributed by atoms with Gasteiger partial charge in [-0.15, -0.1) is 10.2 Å². The first-order valence-electron chi connectivity index (χ1n) is 7.35. The largest absolute Gasteiger partial charge is 0.351 e. The average Bonchev–Trinajstić information content (AvgIpc) is 3.30. The van der Waals surface area contributed by atoms with E-state index < -0.39 is 0 Å². The van der Waals surface area contributed by atoms with E-state index in [9.17, 15) is 9.59 Å². The summed E-state index contributed by atoms with van der Waals surface area (Å²) < 4.78 is 0.810.